The molecule has 3 heterocycles. The normalized spacial score (nSPS) is 18.3. The predicted molar refractivity (Wildman–Crippen MR) is 132 cm³/mol. The van der Waals surface area contributed by atoms with Gasteiger partial charge in [0.1, 0.15) is 5.75 Å². The summed E-state index contributed by atoms with van der Waals surface area (Å²) in [4.78, 5) is 18.7. The average molecular weight is 482 g/mol. The van der Waals surface area contributed by atoms with E-state index < -0.39 is 10.0 Å². The molecule has 8 heteroatoms. The van der Waals surface area contributed by atoms with Gasteiger partial charge in [0, 0.05) is 43.3 Å². The van der Waals surface area contributed by atoms with Gasteiger partial charge < -0.3 is 14.6 Å². The lowest BCUT2D eigenvalue weighted by Gasteiger charge is -2.33. The van der Waals surface area contributed by atoms with E-state index >= 15 is 0 Å². The summed E-state index contributed by atoms with van der Waals surface area (Å²) < 4.78 is 33.6. The highest BCUT2D eigenvalue weighted by Crippen LogP contribution is 2.35. The van der Waals surface area contributed by atoms with Crippen molar-refractivity contribution in [3.63, 3.8) is 0 Å². The van der Waals surface area contributed by atoms with Gasteiger partial charge in [0.15, 0.2) is 0 Å². The van der Waals surface area contributed by atoms with Crippen LogP contribution < -0.4 is 4.74 Å². The second kappa shape index (κ2) is 9.43. The first kappa shape index (κ1) is 22.9. The van der Waals surface area contributed by atoms with Crippen molar-refractivity contribution in [2.45, 2.75) is 42.9 Å². The molecule has 1 aromatic heterocycles. The molecule has 0 atom stereocenters. The summed E-state index contributed by atoms with van der Waals surface area (Å²) in [6.45, 7) is 2.23. The Morgan fingerprint density at radius 2 is 1.74 bits per heavy atom. The topological polar surface area (TPSA) is 82.7 Å². The summed E-state index contributed by atoms with van der Waals surface area (Å²) in [6, 6.07) is 12.7. The number of sulfonamides is 1. The number of likely N-dealkylation sites (tertiary alicyclic amines) is 1. The molecule has 180 valence electrons. The number of hydrogen-bond acceptors (Lipinski definition) is 4. The van der Waals surface area contributed by atoms with E-state index in [1.54, 1.807) is 36.3 Å². The van der Waals surface area contributed by atoms with Gasteiger partial charge in [0.2, 0.25) is 10.0 Å². The molecule has 2 saturated heterocycles. The minimum Gasteiger partial charge on any atom is -0.497 e. The molecule has 0 spiro atoms. The number of rotatable bonds is 5. The number of methoxy groups -OCH3 is 1. The maximum absolute atomic E-state index is 13.5. The van der Waals surface area contributed by atoms with Crippen LogP contribution in [0.3, 0.4) is 0 Å². The Bertz CT molecular complexity index is 1290. The number of aromatic nitrogens is 1. The summed E-state index contributed by atoms with van der Waals surface area (Å²) in [6.07, 6.45) is 6.50. The molecule has 0 unspecified atom stereocenters. The molecular weight excluding hydrogens is 450 g/mol. The summed E-state index contributed by atoms with van der Waals surface area (Å²) >= 11 is 0. The largest absolute Gasteiger partial charge is 0.497 e. The van der Waals surface area contributed by atoms with Gasteiger partial charge in [0.25, 0.3) is 5.91 Å². The van der Waals surface area contributed by atoms with Gasteiger partial charge in [-0.2, -0.15) is 4.31 Å². The molecule has 34 heavy (non-hydrogen) atoms. The number of nitrogens with zero attached hydrogens (tertiary/aromatic N) is 2. The molecular formula is C26H31N3O4S. The van der Waals surface area contributed by atoms with E-state index in [1.807, 2.05) is 12.1 Å². The Kier molecular flexibility index (Phi) is 6.36. The van der Waals surface area contributed by atoms with Gasteiger partial charge >= 0.3 is 0 Å². The van der Waals surface area contributed by atoms with Crippen LogP contribution in [0.1, 0.15) is 53.9 Å². The van der Waals surface area contributed by atoms with Crippen molar-refractivity contribution in [1.82, 2.24) is 14.2 Å². The van der Waals surface area contributed by atoms with E-state index in [1.165, 1.54) is 9.87 Å². The third-order valence-corrected chi connectivity index (χ3v) is 9.15. The Morgan fingerprint density at radius 3 is 2.47 bits per heavy atom. The van der Waals surface area contributed by atoms with Gasteiger partial charge in [-0.05, 0) is 67.5 Å². The summed E-state index contributed by atoms with van der Waals surface area (Å²) in [5.41, 5.74) is 2.60. The minimum absolute atomic E-state index is 0.132. The zero-order chi connectivity index (χ0) is 23.7. The van der Waals surface area contributed by atoms with Crippen LogP contribution in [0, 0.1) is 0 Å². The highest BCUT2D eigenvalue weighted by molar-refractivity contribution is 7.89. The number of amides is 1. The standard InChI is InChI=1S/C26H31N3O4S/c1-33-20-9-10-24-22(17-20)23(18-27-24)19-11-15-28(16-12-19)26(30)21-7-3-4-8-25(21)34(31,32)29-13-5-2-6-14-29/h3-4,7-10,17-19,27H,2,5-6,11-16H2,1H3. The average Bonchev–Trinajstić information content (AvgIpc) is 3.32. The first-order valence-corrected chi connectivity index (χ1v) is 13.5. The van der Waals surface area contributed by atoms with Gasteiger partial charge in [-0.15, -0.1) is 0 Å². The van der Waals surface area contributed by atoms with Crippen molar-refractivity contribution in [2.75, 3.05) is 33.3 Å². The van der Waals surface area contributed by atoms with Crippen LogP contribution in [0.4, 0.5) is 0 Å². The van der Waals surface area contributed by atoms with E-state index in [-0.39, 0.29) is 16.4 Å². The van der Waals surface area contributed by atoms with Crippen molar-refractivity contribution in [3.05, 3.63) is 59.8 Å². The Labute approximate surface area is 200 Å². The van der Waals surface area contributed by atoms with Crippen LogP contribution in [0.15, 0.2) is 53.6 Å². The summed E-state index contributed by atoms with van der Waals surface area (Å²) in [5, 5.41) is 1.15. The second-order valence-electron chi connectivity index (χ2n) is 9.18. The molecule has 0 bridgehead atoms. The molecule has 0 saturated carbocycles. The second-order valence-corrected chi connectivity index (χ2v) is 11.1. The predicted octanol–water partition coefficient (Wildman–Crippen LogP) is 4.37. The Hall–Kier alpha value is -2.84. The van der Waals surface area contributed by atoms with Crippen LogP contribution in [-0.4, -0.2) is 61.8 Å². The fraction of sp³-hybridized carbons (Fsp3) is 0.423. The number of nitrogens with one attached hydrogen (secondary N) is 1. The van der Waals surface area contributed by atoms with Crippen molar-refractivity contribution in [1.29, 1.82) is 0 Å². The number of hydrogen-bond donors (Lipinski definition) is 1. The maximum Gasteiger partial charge on any atom is 0.255 e. The van der Waals surface area contributed by atoms with E-state index in [2.05, 4.69) is 17.2 Å². The minimum atomic E-state index is -3.68. The van der Waals surface area contributed by atoms with E-state index in [0.717, 1.165) is 48.8 Å². The smallest absolute Gasteiger partial charge is 0.255 e. The van der Waals surface area contributed by atoms with Crippen LogP contribution in [-0.2, 0) is 10.0 Å². The molecule has 7 nitrogen and oxygen atoms in total. The van der Waals surface area contributed by atoms with Crippen molar-refractivity contribution in [3.8, 4) is 5.75 Å². The summed E-state index contributed by atoms with van der Waals surface area (Å²) in [7, 11) is -2.02. The molecule has 1 amide bonds. The molecule has 3 aromatic rings. The molecule has 2 aliphatic rings. The Balaban J connectivity index is 1.33. The van der Waals surface area contributed by atoms with Gasteiger partial charge in [-0.3, -0.25) is 4.79 Å². The van der Waals surface area contributed by atoms with Crippen molar-refractivity contribution in [2.24, 2.45) is 0 Å². The molecule has 2 aromatic carbocycles. The quantitative estimate of drug-likeness (QED) is 0.587. The number of benzene rings is 2. The lowest BCUT2D eigenvalue weighted by Crippen LogP contribution is -2.40. The zero-order valence-corrected chi connectivity index (χ0v) is 20.3. The van der Waals surface area contributed by atoms with E-state index in [9.17, 15) is 13.2 Å². The van der Waals surface area contributed by atoms with Gasteiger partial charge in [-0.25, -0.2) is 8.42 Å². The monoisotopic (exact) mass is 481 g/mol. The third kappa shape index (κ3) is 4.20. The maximum atomic E-state index is 13.5. The van der Waals surface area contributed by atoms with E-state index in [0.29, 0.717) is 32.1 Å². The molecule has 1 N–H and O–H groups in total. The number of aromatic amines is 1. The van der Waals surface area contributed by atoms with Gasteiger partial charge in [-0.1, -0.05) is 18.6 Å². The SMILES string of the molecule is COc1ccc2[nH]cc(C3CCN(C(=O)c4ccccc4S(=O)(=O)N4CCCCC4)CC3)c2c1. The molecule has 0 radical (unpaired) electrons. The number of ether oxygens (including phenoxy) is 1. The van der Waals surface area contributed by atoms with E-state index in [4.69, 9.17) is 4.74 Å². The fourth-order valence-electron chi connectivity index (χ4n) is 5.26. The third-order valence-electron chi connectivity index (χ3n) is 7.19. The van der Waals surface area contributed by atoms with Crippen LogP contribution in [0.5, 0.6) is 5.75 Å². The lowest BCUT2D eigenvalue weighted by atomic mass is 9.89. The number of fused-ring (bicyclic) bond motifs is 1. The van der Waals surface area contributed by atoms with Crippen LogP contribution in [0.2, 0.25) is 0 Å². The highest BCUT2D eigenvalue weighted by atomic mass is 32.2. The van der Waals surface area contributed by atoms with Crippen molar-refractivity contribution < 1.29 is 17.9 Å². The number of carbonyl (C=O) groups excluding carboxylic acids is 1. The first-order valence-electron chi connectivity index (χ1n) is 12.0. The lowest BCUT2D eigenvalue weighted by molar-refractivity contribution is 0.0709. The highest BCUT2D eigenvalue weighted by Gasteiger charge is 2.32. The van der Waals surface area contributed by atoms with Crippen LogP contribution in [0.25, 0.3) is 10.9 Å². The fourth-order valence-corrected chi connectivity index (χ4v) is 6.96. The Morgan fingerprint density at radius 1 is 1.00 bits per heavy atom. The number of carbonyl (C=O) groups is 1. The first-order chi connectivity index (χ1) is 16.5. The van der Waals surface area contributed by atoms with Crippen LogP contribution >= 0.6 is 0 Å². The molecule has 2 fully saturated rings. The molecule has 0 aliphatic carbocycles. The number of piperidine rings is 2. The molecule has 2 aliphatic heterocycles. The molecule has 5 rings (SSSR count). The van der Waals surface area contributed by atoms with Crippen molar-refractivity contribution >= 4 is 26.8 Å². The number of H-pyrrole nitrogens is 1. The summed E-state index contributed by atoms with van der Waals surface area (Å²) in [5.74, 6) is 0.958. The zero-order valence-electron chi connectivity index (χ0n) is 19.5. The van der Waals surface area contributed by atoms with Gasteiger partial charge in [0.05, 0.1) is 17.6 Å².